The number of benzene rings is 2. The number of hydrogen-bond acceptors (Lipinski definition) is 24. The molecule has 32 heteroatoms. The van der Waals surface area contributed by atoms with E-state index in [4.69, 9.17) is 0 Å². The summed E-state index contributed by atoms with van der Waals surface area (Å²) in [4.78, 5) is 282. The Morgan fingerprint density at radius 3 is 1.03 bits per heavy atom. The standard InChI is InChI=1S/2C40H58N4O6.2C13H10N2O4.2C2H6/c2*1-6-11-27(36(48)34(47)18-25-16-17-25)19-33(46)35-29-15-10-14-28(29)23-44(35)39(50)37(40(3,4)5)43-38(49)30(26-12-8-7-9-13-26)20-32(45)31-22-41-24(2)21-42-31;2*16-10-6-5-9(11(17)14-10)15-12(18)7-3-1-2-4-8(7)13(15)19;2*1-2/h2*21-22,25-30,35,37H,6-20,23H2,1-5H3,(H,43,49);2*1-4,9H,5-6H2,(H,14,16,17);2*1-2H3/t2*27-,28+,29+,30+,35+,37-;;;;/m11..../s1. The largest absolute Gasteiger partial charge is 0.344 e. The van der Waals surface area contributed by atoms with E-state index < -0.39 is 118 Å². The second-order valence-corrected chi connectivity index (χ2v) is 42.7. The van der Waals surface area contributed by atoms with Gasteiger partial charge in [-0.05, 0) is 199 Å². The number of amides is 12. The third kappa shape index (κ3) is 27.3. The quantitative estimate of drug-likeness (QED) is 0.0192. The highest BCUT2D eigenvalue weighted by molar-refractivity contribution is 6.39. The van der Waals surface area contributed by atoms with Crippen molar-refractivity contribution in [1.29, 1.82) is 0 Å². The fourth-order valence-corrected chi connectivity index (χ4v) is 22.5. The first kappa shape index (κ1) is 111. The first-order valence-electron chi connectivity index (χ1n) is 52.4. The zero-order valence-electron chi connectivity index (χ0n) is 85.5. The maximum Gasteiger partial charge on any atom is 0.262 e. The molecule has 8 heterocycles. The van der Waals surface area contributed by atoms with Gasteiger partial charge in [0.25, 0.3) is 23.6 Å². The molecule has 142 heavy (non-hydrogen) atoms. The van der Waals surface area contributed by atoms with Gasteiger partial charge in [-0.1, -0.05) is 172 Å². The third-order valence-corrected chi connectivity index (χ3v) is 30.4. The van der Waals surface area contributed by atoms with Crippen molar-refractivity contribution in [2.24, 2.45) is 81.8 Å². The van der Waals surface area contributed by atoms with Crippen molar-refractivity contribution < 1.29 is 95.9 Å². The molecule has 4 N–H and O–H groups in total. The van der Waals surface area contributed by atoms with Crippen molar-refractivity contribution >= 4 is 117 Å². The Hall–Kier alpha value is -11.6. The average Bonchev–Trinajstić information content (AvgIpc) is 1.62. The van der Waals surface area contributed by atoms with Crippen LogP contribution in [0.1, 0.15) is 375 Å². The van der Waals surface area contributed by atoms with Crippen LogP contribution in [0, 0.1) is 95.7 Å². The highest BCUT2D eigenvalue weighted by Gasteiger charge is 2.56. The summed E-state index contributed by atoms with van der Waals surface area (Å²) in [5.74, 6) is -9.04. The smallest absolute Gasteiger partial charge is 0.262 e. The minimum absolute atomic E-state index is 0.00513. The summed E-state index contributed by atoms with van der Waals surface area (Å²) in [6, 6.07) is 7.89. The molecule has 0 bridgehead atoms. The number of carbonyl (C=O) groups is 20. The van der Waals surface area contributed by atoms with E-state index in [1.54, 1.807) is 84.6 Å². The van der Waals surface area contributed by atoms with Crippen molar-refractivity contribution in [3.05, 3.63) is 118 Å². The number of likely N-dealkylation sites (tertiary alicyclic amines) is 2. The van der Waals surface area contributed by atoms with Crippen LogP contribution in [0.25, 0.3) is 0 Å². The molecule has 4 saturated heterocycles. The summed E-state index contributed by atoms with van der Waals surface area (Å²) in [6.45, 7) is 27.8. The van der Waals surface area contributed by atoms with E-state index in [2.05, 4.69) is 41.2 Å². The molecule has 32 nitrogen and oxygen atoms in total. The fraction of sp³-hybridized carbons (Fsp3) is 0.636. The van der Waals surface area contributed by atoms with E-state index >= 15 is 0 Å². The molecule has 0 radical (unpaired) electrons. The van der Waals surface area contributed by atoms with Crippen molar-refractivity contribution in [2.75, 3.05) is 13.1 Å². The van der Waals surface area contributed by atoms with E-state index in [1.165, 1.54) is 12.4 Å². The molecule has 768 valence electrons. The number of hydrogen-bond donors (Lipinski definition) is 4. The molecule has 2 aromatic heterocycles. The molecule has 14 atom stereocenters. The molecule has 2 aromatic carbocycles. The van der Waals surface area contributed by atoms with E-state index in [0.717, 1.165) is 138 Å². The normalized spacial score (nSPS) is 23.2. The van der Waals surface area contributed by atoms with Crippen molar-refractivity contribution in [3.63, 3.8) is 0 Å². The zero-order valence-corrected chi connectivity index (χ0v) is 85.5. The van der Waals surface area contributed by atoms with E-state index in [9.17, 15) is 95.9 Å². The Kier molecular flexibility index (Phi) is 39.1. The lowest BCUT2D eigenvalue weighted by Crippen LogP contribution is -2.58. The van der Waals surface area contributed by atoms with Crippen LogP contribution in [0.2, 0.25) is 0 Å². The average molecular weight is 1960 g/mol. The van der Waals surface area contributed by atoms with E-state index in [-0.39, 0.29) is 181 Å². The predicted octanol–water partition coefficient (Wildman–Crippen LogP) is 14.3. The van der Waals surface area contributed by atoms with Crippen LogP contribution in [-0.2, 0) is 67.1 Å². The summed E-state index contributed by atoms with van der Waals surface area (Å²) in [6.07, 6.45) is 28.2. The number of rotatable bonds is 34. The lowest BCUT2D eigenvalue weighted by molar-refractivity contribution is -0.146. The molecule has 6 saturated carbocycles. The minimum atomic E-state index is -0.919. The molecule has 2 unspecified atom stereocenters. The number of ketones is 8. The maximum absolute atomic E-state index is 14.7. The van der Waals surface area contributed by atoms with Crippen LogP contribution >= 0.6 is 0 Å². The molecule has 6 aliphatic heterocycles. The van der Waals surface area contributed by atoms with Gasteiger partial charge in [-0.3, -0.25) is 126 Å². The van der Waals surface area contributed by atoms with Crippen LogP contribution < -0.4 is 21.3 Å². The Labute approximate surface area is 834 Å². The van der Waals surface area contributed by atoms with Crippen molar-refractivity contribution in [1.82, 2.24) is 60.8 Å². The number of nitrogens with one attached hydrogen (secondary N) is 4. The lowest BCUT2D eigenvalue weighted by Gasteiger charge is -2.38. The van der Waals surface area contributed by atoms with Gasteiger partial charge in [-0.25, -0.2) is 9.97 Å². The van der Waals surface area contributed by atoms with Crippen molar-refractivity contribution in [3.8, 4) is 0 Å². The van der Waals surface area contributed by atoms with Crippen molar-refractivity contribution in [2.45, 2.75) is 351 Å². The number of nitrogens with zero attached hydrogens (tertiary/aromatic N) is 8. The SMILES string of the molecule is CC.CC.CCC[C@H](CC(=O)[C@@H]1[C@H]2CCC[C@H]2CN1C(=O)[C@@H](NC(=O)[C@@H](CC(=O)c1cnc(C)cn1)C1CCCCC1)C(C)(C)C)C(=O)C(=O)CC1CC1.CCC[C@H](CC(=O)[C@@H]1[C@H]2CCC[C@H]2CN1C(=O)[C@@H](NC(=O)[C@@H](CC(=O)c1cnc(C)cn1)C1CCCCC1)C(C)(C)C)C(=O)C(=O)CC1CC1.O=C1CCC(N2C(=O)c3ccccc3C2=O)C(=O)N1.O=C1CCC(N2C(=O)c3ccccc3C2=O)C(=O)N1. The molecule has 0 spiro atoms. The molecule has 16 rings (SSSR count). The summed E-state index contributed by atoms with van der Waals surface area (Å²) in [5, 5.41) is 10.5. The molecular weight excluding hydrogens is 1810 g/mol. The topological polar surface area (TPSA) is 454 Å². The first-order valence-corrected chi connectivity index (χ1v) is 52.4. The number of imide groups is 4. The summed E-state index contributed by atoms with van der Waals surface area (Å²) in [5.41, 5.74) is 1.70. The number of piperidine rings is 2. The highest BCUT2D eigenvalue weighted by atomic mass is 16.2. The summed E-state index contributed by atoms with van der Waals surface area (Å²) in [7, 11) is 0. The fourth-order valence-electron chi connectivity index (χ4n) is 22.5. The van der Waals surface area contributed by atoms with Crippen LogP contribution in [0.15, 0.2) is 73.3 Å². The summed E-state index contributed by atoms with van der Waals surface area (Å²) < 4.78 is 0. The lowest BCUT2D eigenvalue weighted by atomic mass is 9.76. The van der Waals surface area contributed by atoms with Crippen LogP contribution in [0.3, 0.4) is 0 Å². The summed E-state index contributed by atoms with van der Waals surface area (Å²) >= 11 is 0. The van der Waals surface area contributed by atoms with Gasteiger partial charge in [0.2, 0.25) is 58.8 Å². The third-order valence-electron chi connectivity index (χ3n) is 30.4. The zero-order chi connectivity index (χ0) is 103. The number of aromatic nitrogens is 4. The van der Waals surface area contributed by atoms with Gasteiger partial charge in [-0.2, -0.15) is 0 Å². The number of aryl methyl sites for hydroxylation is 2. The number of fused-ring (bicyclic) bond motifs is 4. The number of Topliss-reactive ketones (excluding diaryl/α,β-unsaturated/α-hetero) is 8. The van der Waals surface area contributed by atoms with Gasteiger partial charge < -0.3 is 20.4 Å². The van der Waals surface area contributed by atoms with Gasteiger partial charge in [0.05, 0.1) is 58.1 Å². The highest BCUT2D eigenvalue weighted by Crippen LogP contribution is 2.48. The second-order valence-electron chi connectivity index (χ2n) is 42.7. The predicted molar refractivity (Wildman–Crippen MR) is 527 cm³/mol. The molecule has 10 fully saturated rings. The molecule has 12 aliphatic rings. The molecule has 6 aliphatic carbocycles. The Morgan fingerprint density at radius 1 is 0.408 bits per heavy atom. The second kappa shape index (κ2) is 50.1. The monoisotopic (exact) mass is 1960 g/mol. The maximum atomic E-state index is 14.7. The Balaban J connectivity index is 0.000000194. The first-order chi connectivity index (χ1) is 67.7. The van der Waals surface area contributed by atoms with Crippen LogP contribution in [-0.4, -0.2) is 206 Å². The molecule has 12 amide bonds. The van der Waals surface area contributed by atoms with Gasteiger partial charge in [0.1, 0.15) is 35.6 Å². The van der Waals surface area contributed by atoms with Gasteiger partial charge in [0.15, 0.2) is 34.7 Å². The van der Waals surface area contributed by atoms with Gasteiger partial charge >= 0.3 is 0 Å². The Morgan fingerprint density at radius 2 is 0.739 bits per heavy atom. The van der Waals surface area contributed by atoms with E-state index in [0.29, 0.717) is 84.3 Å². The van der Waals surface area contributed by atoms with Gasteiger partial charge in [-0.15, -0.1) is 0 Å². The number of carbonyl (C=O) groups excluding carboxylic acids is 20. The van der Waals surface area contributed by atoms with Gasteiger partial charge in [0, 0.05) is 101 Å². The van der Waals surface area contributed by atoms with Crippen LogP contribution in [0.4, 0.5) is 0 Å². The van der Waals surface area contributed by atoms with E-state index in [1.807, 2.05) is 83.1 Å². The minimum Gasteiger partial charge on any atom is -0.344 e. The van der Waals surface area contributed by atoms with Crippen LogP contribution in [0.5, 0.6) is 0 Å². The molecule has 4 aromatic rings. The molecular formula is C110H148N12O20. The Bertz CT molecular complexity index is 4950.